The first-order chi connectivity index (χ1) is 15.1. The quantitative estimate of drug-likeness (QED) is 0.665. The van der Waals surface area contributed by atoms with E-state index in [-0.39, 0.29) is 59.6 Å². The average molecular weight is 482 g/mol. The predicted octanol–water partition coefficient (Wildman–Crippen LogP) is 4.01. The van der Waals surface area contributed by atoms with Crippen molar-refractivity contribution in [2.75, 3.05) is 26.9 Å². The van der Waals surface area contributed by atoms with E-state index in [2.05, 4.69) is 11.0 Å². The summed E-state index contributed by atoms with van der Waals surface area (Å²) in [5, 5.41) is 22.2. The molecule has 7 rings (SSSR count). The van der Waals surface area contributed by atoms with Gasteiger partial charge in [-0.3, -0.25) is 9.29 Å². The number of nitrogens with zero attached hydrogens (tertiary/aromatic N) is 1. The summed E-state index contributed by atoms with van der Waals surface area (Å²) >= 11 is 0. The molecule has 6 aliphatic rings. The minimum absolute atomic E-state index is 0. The van der Waals surface area contributed by atoms with Gasteiger partial charge in [-0.25, -0.2) is 0 Å². The third kappa shape index (κ3) is 2.59. The fourth-order valence-electron chi connectivity index (χ4n) is 9.05. The second kappa shape index (κ2) is 7.22. The molecular formula is C26H37ClFNO4. The van der Waals surface area contributed by atoms with Crippen molar-refractivity contribution in [2.24, 2.45) is 17.3 Å². The average Bonchev–Trinajstić information content (AvgIpc) is 3.13. The molecule has 2 heterocycles. The lowest BCUT2D eigenvalue weighted by Gasteiger charge is -2.75. The molecule has 0 unspecified atom stereocenters. The van der Waals surface area contributed by atoms with Crippen molar-refractivity contribution in [1.29, 1.82) is 0 Å². The van der Waals surface area contributed by atoms with Crippen molar-refractivity contribution in [3.05, 3.63) is 23.3 Å². The van der Waals surface area contributed by atoms with Gasteiger partial charge < -0.3 is 19.7 Å². The van der Waals surface area contributed by atoms with Crippen LogP contribution in [0.15, 0.2) is 12.1 Å². The maximum absolute atomic E-state index is 13.5. The summed E-state index contributed by atoms with van der Waals surface area (Å²) in [6.45, 7) is 7.14. The lowest BCUT2D eigenvalue weighted by atomic mass is 9.34. The molecule has 1 saturated heterocycles. The van der Waals surface area contributed by atoms with E-state index in [4.69, 9.17) is 9.47 Å². The predicted molar refractivity (Wildman–Crippen MR) is 126 cm³/mol. The van der Waals surface area contributed by atoms with E-state index in [1.54, 1.807) is 13.2 Å². The number of piperidine rings is 1. The third-order valence-electron chi connectivity index (χ3n) is 10.1. The Hall–Kier alpha value is -1.08. The maximum atomic E-state index is 13.5. The zero-order chi connectivity index (χ0) is 22.7. The number of phenols is 1. The highest BCUT2D eigenvalue weighted by Crippen LogP contribution is 2.77. The molecule has 0 radical (unpaired) electrons. The van der Waals surface area contributed by atoms with Gasteiger partial charge in [0.15, 0.2) is 11.5 Å². The number of benzene rings is 1. The van der Waals surface area contributed by atoms with E-state index in [1.165, 1.54) is 11.1 Å². The molecule has 4 fully saturated rings. The molecule has 0 aromatic heterocycles. The number of rotatable bonds is 5. The van der Waals surface area contributed by atoms with Gasteiger partial charge in [-0.1, -0.05) is 13.0 Å². The van der Waals surface area contributed by atoms with Crippen molar-refractivity contribution >= 4 is 12.4 Å². The zero-order valence-corrected chi connectivity index (χ0v) is 20.9. The number of fused-ring (bicyclic) bond motifs is 2. The highest BCUT2D eigenvalue weighted by molar-refractivity contribution is 5.85. The molecule has 5 nitrogen and oxygen atoms in total. The molecule has 7 atom stereocenters. The first kappa shape index (κ1) is 23.7. The smallest absolute Gasteiger partial charge is 0.165 e. The minimum atomic E-state index is -0.920. The molecule has 1 aromatic carbocycles. The molecule has 4 bridgehead atoms. The molecule has 184 valence electrons. The van der Waals surface area contributed by atoms with Gasteiger partial charge in [0, 0.05) is 42.0 Å². The van der Waals surface area contributed by atoms with Crippen LogP contribution in [0.25, 0.3) is 0 Å². The Labute approximate surface area is 202 Å². The van der Waals surface area contributed by atoms with Crippen molar-refractivity contribution in [2.45, 2.75) is 81.6 Å². The van der Waals surface area contributed by atoms with Gasteiger partial charge in [0.1, 0.15) is 11.7 Å². The highest BCUT2D eigenvalue weighted by atomic mass is 35.5. The second-order valence-corrected chi connectivity index (χ2v) is 11.9. The van der Waals surface area contributed by atoms with Gasteiger partial charge in [-0.05, 0) is 70.0 Å². The molecule has 2 N–H and O–H groups in total. The fourth-order valence-corrected chi connectivity index (χ4v) is 9.05. The number of likely N-dealkylation sites (tertiary alicyclic amines) is 1. The van der Waals surface area contributed by atoms with Gasteiger partial charge in [0.2, 0.25) is 0 Å². The Balaban J connectivity index is 0.00000228. The van der Waals surface area contributed by atoms with E-state index in [0.29, 0.717) is 5.75 Å². The molecule has 7 heteroatoms. The summed E-state index contributed by atoms with van der Waals surface area (Å²) in [4.78, 5) is 2.53. The first-order valence-electron chi connectivity index (χ1n) is 12.2. The highest BCUT2D eigenvalue weighted by Gasteiger charge is 2.81. The Morgan fingerprint density at radius 2 is 2.06 bits per heavy atom. The van der Waals surface area contributed by atoms with Crippen LogP contribution in [0.4, 0.5) is 4.39 Å². The largest absolute Gasteiger partial charge is 0.504 e. The zero-order valence-electron chi connectivity index (χ0n) is 20.1. The monoisotopic (exact) mass is 481 g/mol. The van der Waals surface area contributed by atoms with E-state index >= 15 is 0 Å². The number of hydrogen-bond donors (Lipinski definition) is 2. The van der Waals surface area contributed by atoms with E-state index < -0.39 is 11.2 Å². The summed E-state index contributed by atoms with van der Waals surface area (Å²) in [5.41, 5.74) is 0.628. The number of halogens is 2. The van der Waals surface area contributed by atoms with E-state index in [0.717, 1.165) is 45.2 Å². The summed E-state index contributed by atoms with van der Waals surface area (Å²) in [6.07, 6.45) is 4.27. The minimum Gasteiger partial charge on any atom is -0.504 e. The second-order valence-electron chi connectivity index (χ2n) is 11.9. The van der Waals surface area contributed by atoms with E-state index in [1.807, 2.05) is 20.8 Å². The number of ether oxygens (including phenoxy) is 2. The van der Waals surface area contributed by atoms with Crippen LogP contribution in [0.1, 0.15) is 57.6 Å². The van der Waals surface area contributed by atoms with Crippen LogP contribution < -0.4 is 4.74 Å². The fraction of sp³-hybridized carbons (Fsp3) is 0.769. The van der Waals surface area contributed by atoms with Gasteiger partial charge in [0.05, 0.1) is 12.3 Å². The molecule has 33 heavy (non-hydrogen) atoms. The topological polar surface area (TPSA) is 62.2 Å². The number of aliphatic hydroxyl groups is 1. The Morgan fingerprint density at radius 1 is 1.30 bits per heavy atom. The van der Waals surface area contributed by atoms with Crippen LogP contribution in [-0.4, -0.2) is 65.3 Å². The van der Waals surface area contributed by atoms with Gasteiger partial charge in [0.25, 0.3) is 0 Å². The number of phenolic OH excluding ortho intramolecular Hbond substituents is 1. The molecule has 2 spiro atoms. The van der Waals surface area contributed by atoms with Gasteiger partial charge in [-0.15, -0.1) is 12.4 Å². The van der Waals surface area contributed by atoms with Crippen LogP contribution in [-0.2, 0) is 16.6 Å². The third-order valence-corrected chi connectivity index (χ3v) is 10.1. The van der Waals surface area contributed by atoms with E-state index in [9.17, 15) is 14.6 Å². The molecule has 3 saturated carbocycles. The first-order valence-corrected chi connectivity index (χ1v) is 12.2. The summed E-state index contributed by atoms with van der Waals surface area (Å²) < 4.78 is 26.6. The normalized spacial score (nSPS) is 41.2. The SMILES string of the molecule is CO[C@]12CC[C@@]3(C[C@@H]1C(C)(C)O)[C@H]1Cc4ccc(O)c5c4[C@@]3(CCN1C[C@@H](C)CF)[C@H]2O5.Cl. The van der Waals surface area contributed by atoms with Crippen LogP contribution in [0.3, 0.4) is 0 Å². The van der Waals surface area contributed by atoms with Crippen molar-refractivity contribution in [3.8, 4) is 11.5 Å². The molecular weight excluding hydrogens is 445 g/mol. The summed E-state index contributed by atoms with van der Waals surface area (Å²) in [5.74, 6) is 0.773. The van der Waals surface area contributed by atoms with Crippen LogP contribution in [0, 0.1) is 17.3 Å². The molecule has 1 aromatic rings. The van der Waals surface area contributed by atoms with Gasteiger partial charge in [-0.2, -0.15) is 0 Å². The number of hydrogen-bond acceptors (Lipinski definition) is 5. The Morgan fingerprint density at radius 3 is 2.73 bits per heavy atom. The van der Waals surface area contributed by atoms with Crippen LogP contribution in [0.5, 0.6) is 11.5 Å². The number of aromatic hydroxyl groups is 1. The standard InChI is InChI=1S/C26H36FNO4.ClH/c1-15(13-27)14-28-10-9-25-20-16-5-6-17(29)21(20)32-22(25)26(31-4)8-7-24(25,19(28)11-16)12-18(26)23(2,3)30;/h5-6,15,18-19,22,29-30H,7-14H2,1-4H3;1H/t15-,18+,19+,22+,24+,25-,26+;/m0./s1. The van der Waals surface area contributed by atoms with Crippen LogP contribution >= 0.6 is 12.4 Å². The maximum Gasteiger partial charge on any atom is 0.165 e. The van der Waals surface area contributed by atoms with Crippen LogP contribution in [0.2, 0.25) is 0 Å². The Bertz CT molecular complexity index is 968. The molecule has 2 aliphatic heterocycles. The molecule has 4 aliphatic carbocycles. The van der Waals surface area contributed by atoms with Crippen molar-refractivity contribution < 1.29 is 24.1 Å². The summed E-state index contributed by atoms with van der Waals surface area (Å²) in [7, 11) is 1.76. The summed E-state index contributed by atoms with van der Waals surface area (Å²) in [6, 6.07) is 4.11. The lowest BCUT2D eigenvalue weighted by Crippen LogP contribution is -2.82. The lowest BCUT2D eigenvalue weighted by molar-refractivity contribution is -0.300. The van der Waals surface area contributed by atoms with Crippen molar-refractivity contribution in [1.82, 2.24) is 4.90 Å². The van der Waals surface area contributed by atoms with Gasteiger partial charge >= 0.3 is 0 Å². The molecule has 0 amide bonds. The Kier molecular flexibility index (Phi) is 5.17. The van der Waals surface area contributed by atoms with Crippen molar-refractivity contribution in [3.63, 3.8) is 0 Å². The number of methoxy groups -OCH3 is 1. The number of alkyl halides is 1.